The average Bonchev–Trinajstić information content (AvgIpc) is 2.91. The van der Waals surface area contributed by atoms with Crippen molar-refractivity contribution >= 4 is 5.97 Å². The number of methoxy groups -OCH3 is 1. The van der Waals surface area contributed by atoms with Crippen molar-refractivity contribution in [3.63, 3.8) is 0 Å². The minimum absolute atomic E-state index is 0.0638. The molecule has 6 heteroatoms. The highest BCUT2D eigenvalue weighted by molar-refractivity contribution is 5.92. The van der Waals surface area contributed by atoms with Gasteiger partial charge in [-0.2, -0.15) is 18.4 Å². The number of alkyl halides is 3. The van der Waals surface area contributed by atoms with Crippen LogP contribution in [0.4, 0.5) is 13.2 Å². The largest absolute Gasteiger partial charge is 0.465 e. The lowest BCUT2D eigenvalue weighted by Crippen LogP contribution is -2.12. The monoisotopic (exact) mass is 219 g/mol. The molecule has 0 N–H and O–H groups in total. The Labute approximate surface area is 84.1 Å². The Bertz CT molecular complexity index is 340. The van der Waals surface area contributed by atoms with Crippen LogP contribution in [-0.2, 0) is 9.53 Å². The summed E-state index contributed by atoms with van der Waals surface area (Å²) in [4.78, 5) is 10.9. The first kappa shape index (κ1) is 11.6. The van der Waals surface area contributed by atoms with Crippen molar-refractivity contribution in [1.29, 1.82) is 5.26 Å². The minimum atomic E-state index is -4.25. The van der Waals surface area contributed by atoms with Crippen molar-refractivity contribution in [3.05, 3.63) is 11.6 Å². The smallest absolute Gasteiger partial charge is 0.392 e. The molecular formula is C9H8F3NO2. The molecule has 0 aliphatic heterocycles. The molecular weight excluding hydrogens is 211 g/mol. The van der Waals surface area contributed by atoms with Gasteiger partial charge in [0.25, 0.3) is 0 Å². The summed E-state index contributed by atoms with van der Waals surface area (Å²) >= 11 is 0. The zero-order valence-corrected chi connectivity index (χ0v) is 7.84. The summed E-state index contributed by atoms with van der Waals surface area (Å²) in [6.45, 7) is 0. The number of ether oxygens (including phenoxy) is 1. The van der Waals surface area contributed by atoms with Gasteiger partial charge in [-0.15, -0.1) is 0 Å². The number of rotatable bonds is 2. The predicted molar refractivity (Wildman–Crippen MR) is 43.4 cm³/mol. The van der Waals surface area contributed by atoms with Gasteiger partial charge in [-0.25, -0.2) is 4.79 Å². The number of nitriles is 1. The van der Waals surface area contributed by atoms with Crippen LogP contribution in [0.15, 0.2) is 11.6 Å². The fourth-order valence-electron chi connectivity index (χ4n) is 1.25. The van der Waals surface area contributed by atoms with Crippen LogP contribution in [0.1, 0.15) is 6.42 Å². The van der Waals surface area contributed by atoms with E-state index in [4.69, 9.17) is 5.26 Å². The van der Waals surface area contributed by atoms with Gasteiger partial charge < -0.3 is 4.74 Å². The standard InChI is InChI=1S/C9H8F3NO2/c1-15-8(14)6(4-13)2-5-3-7(5)9(10,11)12/h2,5,7H,3H2,1H3. The molecule has 1 aliphatic rings. The second kappa shape index (κ2) is 3.93. The summed E-state index contributed by atoms with van der Waals surface area (Å²) in [6, 6.07) is 1.52. The first-order valence-electron chi connectivity index (χ1n) is 4.17. The SMILES string of the molecule is COC(=O)C(C#N)=CC1CC1C(F)(F)F. The molecule has 0 aromatic heterocycles. The second-order valence-corrected chi connectivity index (χ2v) is 3.23. The summed E-state index contributed by atoms with van der Waals surface area (Å²) in [7, 11) is 1.07. The maximum absolute atomic E-state index is 12.1. The summed E-state index contributed by atoms with van der Waals surface area (Å²) in [5.41, 5.74) is -0.366. The number of esters is 1. The number of allylic oxidation sites excluding steroid dienone is 1. The van der Waals surface area contributed by atoms with Gasteiger partial charge in [0.1, 0.15) is 11.6 Å². The van der Waals surface area contributed by atoms with Crippen molar-refractivity contribution < 1.29 is 22.7 Å². The fraction of sp³-hybridized carbons (Fsp3) is 0.556. The Morgan fingerprint density at radius 3 is 2.53 bits per heavy atom. The zero-order valence-electron chi connectivity index (χ0n) is 7.84. The van der Waals surface area contributed by atoms with E-state index in [0.29, 0.717) is 0 Å². The van der Waals surface area contributed by atoms with E-state index in [1.807, 2.05) is 0 Å². The predicted octanol–water partition coefficient (Wildman–Crippen LogP) is 1.81. The van der Waals surface area contributed by atoms with Gasteiger partial charge >= 0.3 is 12.1 Å². The van der Waals surface area contributed by atoms with Crippen molar-refractivity contribution in [1.82, 2.24) is 0 Å². The van der Waals surface area contributed by atoms with E-state index in [1.165, 1.54) is 6.07 Å². The highest BCUT2D eigenvalue weighted by atomic mass is 19.4. The van der Waals surface area contributed by atoms with Gasteiger partial charge in [0.15, 0.2) is 0 Å². The number of halogens is 3. The third-order valence-corrected chi connectivity index (χ3v) is 2.17. The zero-order chi connectivity index (χ0) is 11.6. The van der Waals surface area contributed by atoms with Gasteiger partial charge in [0, 0.05) is 0 Å². The molecule has 2 unspecified atom stereocenters. The van der Waals surface area contributed by atoms with E-state index in [-0.39, 0.29) is 12.0 Å². The van der Waals surface area contributed by atoms with E-state index < -0.39 is 24.0 Å². The molecule has 1 aliphatic carbocycles. The molecule has 3 nitrogen and oxygen atoms in total. The number of hydrogen-bond donors (Lipinski definition) is 0. The number of nitrogens with zero attached hydrogens (tertiary/aromatic N) is 1. The lowest BCUT2D eigenvalue weighted by molar-refractivity contribution is -0.149. The molecule has 2 atom stereocenters. The number of hydrogen-bond acceptors (Lipinski definition) is 3. The van der Waals surface area contributed by atoms with Gasteiger partial charge in [0.05, 0.1) is 13.0 Å². The summed E-state index contributed by atoms with van der Waals surface area (Å²) in [5, 5.41) is 8.49. The minimum Gasteiger partial charge on any atom is -0.465 e. The van der Waals surface area contributed by atoms with Crippen LogP contribution in [0.2, 0.25) is 0 Å². The third-order valence-electron chi connectivity index (χ3n) is 2.17. The van der Waals surface area contributed by atoms with Crippen molar-refractivity contribution in [2.45, 2.75) is 12.6 Å². The second-order valence-electron chi connectivity index (χ2n) is 3.23. The molecule has 1 fully saturated rings. The Morgan fingerprint density at radius 2 is 2.20 bits per heavy atom. The topological polar surface area (TPSA) is 50.1 Å². The summed E-state index contributed by atoms with van der Waals surface area (Å²) < 4.78 is 40.5. The molecule has 0 aromatic carbocycles. The van der Waals surface area contributed by atoms with Gasteiger partial charge in [-0.1, -0.05) is 6.08 Å². The van der Waals surface area contributed by atoms with Crippen molar-refractivity contribution in [2.24, 2.45) is 11.8 Å². The Kier molecular flexibility index (Phi) is 3.03. The Balaban J connectivity index is 2.67. The number of carbonyl (C=O) groups is 1. The maximum atomic E-state index is 12.1. The lowest BCUT2D eigenvalue weighted by atomic mass is 10.2. The molecule has 1 saturated carbocycles. The third kappa shape index (κ3) is 2.72. The van der Waals surface area contributed by atoms with Crippen LogP contribution >= 0.6 is 0 Å². The molecule has 0 saturated heterocycles. The molecule has 0 radical (unpaired) electrons. The van der Waals surface area contributed by atoms with Gasteiger partial charge in [-0.3, -0.25) is 0 Å². The first-order valence-corrected chi connectivity index (χ1v) is 4.17. The van der Waals surface area contributed by atoms with Crippen LogP contribution in [0.5, 0.6) is 0 Å². The van der Waals surface area contributed by atoms with Crippen LogP contribution in [0.25, 0.3) is 0 Å². The molecule has 1 rings (SSSR count). The Hall–Kier alpha value is -1.51. The molecule has 82 valence electrons. The molecule has 0 aromatic rings. The van der Waals surface area contributed by atoms with E-state index in [9.17, 15) is 18.0 Å². The van der Waals surface area contributed by atoms with Crippen LogP contribution in [0, 0.1) is 23.2 Å². The number of carbonyl (C=O) groups excluding carboxylic acids is 1. The highest BCUT2D eigenvalue weighted by Gasteiger charge is 2.54. The van der Waals surface area contributed by atoms with Gasteiger partial charge in [0.2, 0.25) is 0 Å². The Morgan fingerprint density at radius 1 is 1.60 bits per heavy atom. The average molecular weight is 219 g/mol. The summed E-state index contributed by atoms with van der Waals surface area (Å²) in [5.74, 6) is -3.09. The normalized spacial score (nSPS) is 25.7. The first-order chi connectivity index (χ1) is 6.90. The quantitative estimate of drug-likeness (QED) is 0.404. The molecule has 0 heterocycles. The molecule has 0 amide bonds. The fourth-order valence-corrected chi connectivity index (χ4v) is 1.25. The van der Waals surface area contributed by atoms with Crippen molar-refractivity contribution in [3.8, 4) is 6.07 Å². The molecule has 0 spiro atoms. The van der Waals surface area contributed by atoms with E-state index in [2.05, 4.69) is 4.74 Å². The maximum Gasteiger partial charge on any atom is 0.392 e. The van der Waals surface area contributed by atoms with Gasteiger partial charge in [-0.05, 0) is 12.3 Å². The molecule has 0 bridgehead atoms. The highest BCUT2D eigenvalue weighted by Crippen LogP contribution is 2.51. The van der Waals surface area contributed by atoms with Crippen LogP contribution in [-0.4, -0.2) is 19.3 Å². The lowest BCUT2D eigenvalue weighted by Gasteiger charge is -2.02. The molecule has 15 heavy (non-hydrogen) atoms. The van der Waals surface area contributed by atoms with Crippen LogP contribution in [0.3, 0.4) is 0 Å². The van der Waals surface area contributed by atoms with Crippen LogP contribution < -0.4 is 0 Å². The van der Waals surface area contributed by atoms with Crippen molar-refractivity contribution in [2.75, 3.05) is 7.11 Å². The summed E-state index contributed by atoms with van der Waals surface area (Å²) in [6.07, 6.45) is -3.28. The van der Waals surface area contributed by atoms with E-state index in [1.54, 1.807) is 0 Å². The van der Waals surface area contributed by atoms with E-state index in [0.717, 1.165) is 13.2 Å². The van der Waals surface area contributed by atoms with E-state index >= 15 is 0 Å².